The second-order valence-corrected chi connectivity index (χ2v) is 8.07. The zero-order chi connectivity index (χ0) is 21.9. The molecule has 1 aliphatic rings. The molecule has 0 bridgehead atoms. The topological polar surface area (TPSA) is 66.7 Å². The second kappa shape index (κ2) is 12.5. The largest absolute Gasteiger partial charge is 0.379 e. The number of hydrogen-bond donors (Lipinski definition) is 2. The maximum absolute atomic E-state index is 5.58. The molecule has 1 aromatic heterocycles. The van der Waals surface area contributed by atoms with E-state index in [9.17, 15) is 0 Å². The van der Waals surface area contributed by atoms with Crippen LogP contribution in [0.15, 0.2) is 47.7 Å². The van der Waals surface area contributed by atoms with Gasteiger partial charge in [-0.1, -0.05) is 51.0 Å². The maximum atomic E-state index is 5.58. The molecule has 1 atom stereocenters. The molecule has 170 valence electrons. The maximum Gasteiger partial charge on any atom is 0.191 e. The smallest absolute Gasteiger partial charge is 0.191 e. The minimum absolute atomic E-state index is 0.490. The van der Waals surface area contributed by atoms with Gasteiger partial charge in [-0.05, 0) is 23.1 Å². The number of aliphatic imine (C=N–C) groups is 1. The van der Waals surface area contributed by atoms with Crippen LogP contribution in [-0.2, 0) is 17.8 Å². The highest BCUT2D eigenvalue weighted by molar-refractivity contribution is 5.79. The predicted molar refractivity (Wildman–Crippen MR) is 126 cm³/mol. The van der Waals surface area contributed by atoms with Crippen molar-refractivity contribution < 1.29 is 4.74 Å². The molecule has 1 aromatic carbocycles. The van der Waals surface area contributed by atoms with Gasteiger partial charge in [0, 0.05) is 51.7 Å². The number of rotatable bonds is 10. The Bertz CT molecular complexity index is 781. The van der Waals surface area contributed by atoms with Gasteiger partial charge in [0.1, 0.15) is 0 Å². The highest BCUT2D eigenvalue weighted by Gasteiger charge is 2.27. The Morgan fingerprint density at radius 3 is 2.48 bits per heavy atom. The molecule has 1 unspecified atom stereocenters. The summed E-state index contributed by atoms with van der Waals surface area (Å²) in [7, 11) is 1.84. The highest BCUT2D eigenvalue weighted by atomic mass is 16.5. The molecule has 0 aliphatic carbocycles. The number of ether oxygens (including phenoxy) is 1. The van der Waals surface area contributed by atoms with Crippen molar-refractivity contribution in [3.05, 3.63) is 53.9 Å². The summed E-state index contributed by atoms with van der Waals surface area (Å²) in [6.45, 7) is 10.7. The number of benzene rings is 1. The van der Waals surface area contributed by atoms with Crippen molar-refractivity contribution >= 4 is 5.96 Å². The SMILES string of the molecule is CCC(CC)C(CNC(=NC)NCc1ccccc1Cn1cccn1)N1CCOCC1. The molecule has 0 amide bonds. The first-order valence-corrected chi connectivity index (χ1v) is 11.6. The van der Waals surface area contributed by atoms with Gasteiger partial charge in [0.2, 0.25) is 0 Å². The number of hydrogen-bond acceptors (Lipinski definition) is 4. The zero-order valence-corrected chi connectivity index (χ0v) is 19.3. The van der Waals surface area contributed by atoms with Gasteiger partial charge in [0.25, 0.3) is 0 Å². The summed E-state index contributed by atoms with van der Waals surface area (Å²) in [5.74, 6) is 1.51. The van der Waals surface area contributed by atoms with Gasteiger partial charge in [-0.3, -0.25) is 14.6 Å². The Morgan fingerprint density at radius 2 is 1.84 bits per heavy atom. The van der Waals surface area contributed by atoms with Crippen LogP contribution in [0.5, 0.6) is 0 Å². The quantitative estimate of drug-likeness (QED) is 0.452. The molecule has 0 spiro atoms. The van der Waals surface area contributed by atoms with Crippen molar-refractivity contribution in [2.75, 3.05) is 39.9 Å². The number of nitrogens with one attached hydrogen (secondary N) is 2. The van der Waals surface area contributed by atoms with E-state index in [1.807, 2.05) is 30.2 Å². The highest BCUT2D eigenvalue weighted by Crippen LogP contribution is 2.19. The van der Waals surface area contributed by atoms with Crippen LogP contribution < -0.4 is 10.6 Å². The van der Waals surface area contributed by atoms with Crippen LogP contribution in [-0.4, -0.2) is 66.6 Å². The third-order valence-electron chi connectivity index (χ3n) is 6.27. The van der Waals surface area contributed by atoms with Gasteiger partial charge in [-0.25, -0.2) is 0 Å². The fourth-order valence-electron chi connectivity index (χ4n) is 4.39. The minimum Gasteiger partial charge on any atom is -0.379 e. The summed E-state index contributed by atoms with van der Waals surface area (Å²) >= 11 is 0. The van der Waals surface area contributed by atoms with Crippen molar-refractivity contribution in [3.8, 4) is 0 Å². The molecule has 3 rings (SSSR count). The lowest BCUT2D eigenvalue weighted by Gasteiger charge is -2.39. The second-order valence-electron chi connectivity index (χ2n) is 8.07. The summed E-state index contributed by atoms with van der Waals surface area (Å²) in [5.41, 5.74) is 2.52. The van der Waals surface area contributed by atoms with Crippen LogP contribution in [0.2, 0.25) is 0 Å². The first-order valence-electron chi connectivity index (χ1n) is 11.6. The summed E-state index contributed by atoms with van der Waals surface area (Å²) in [6, 6.07) is 10.9. The lowest BCUT2D eigenvalue weighted by molar-refractivity contribution is 0.00272. The average Bonchev–Trinajstić information content (AvgIpc) is 3.33. The molecule has 2 aromatic rings. The third-order valence-corrected chi connectivity index (χ3v) is 6.27. The van der Waals surface area contributed by atoms with Crippen molar-refractivity contribution in [3.63, 3.8) is 0 Å². The van der Waals surface area contributed by atoms with E-state index in [0.29, 0.717) is 12.0 Å². The molecule has 1 fully saturated rings. The van der Waals surface area contributed by atoms with Crippen LogP contribution in [0, 0.1) is 5.92 Å². The Balaban J connectivity index is 1.58. The van der Waals surface area contributed by atoms with Gasteiger partial charge in [0.05, 0.1) is 19.8 Å². The monoisotopic (exact) mass is 426 g/mol. The van der Waals surface area contributed by atoms with Crippen molar-refractivity contribution in [1.82, 2.24) is 25.3 Å². The van der Waals surface area contributed by atoms with Crippen LogP contribution in [0.3, 0.4) is 0 Å². The van der Waals surface area contributed by atoms with Crippen molar-refractivity contribution in [2.45, 2.75) is 45.8 Å². The molecule has 7 nitrogen and oxygen atoms in total. The summed E-state index contributed by atoms with van der Waals surface area (Å²) in [6.07, 6.45) is 6.19. The normalized spacial score (nSPS) is 16.5. The van der Waals surface area contributed by atoms with Crippen LogP contribution >= 0.6 is 0 Å². The van der Waals surface area contributed by atoms with Crippen LogP contribution in [0.25, 0.3) is 0 Å². The molecule has 0 radical (unpaired) electrons. The van der Waals surface area contributed by atoms with Gasteiger partial charge in [-0.15, -0.1) is 0 Å². The number of nitrogens with zero attached hydrogens (tertiary/aromatic N) is 4. The van der Waals surface area contributed by atoms with E-state index in [4.69, 9.17) is 4.74 Å². The lowest BCUT2D eigenvalue weighted by atomic mass is 9.92. The average molecular weight is 427 g/mol. The molecule has 7 heteroatoms. The molecule has 1 aliphatic heterocycles. The Kier molecular flexibility index (Phi) is 9.37. The number of aromatic nitrogens is 2. The first-order chi connectivity index (χ1) is 15.2. The molecular formula is C24H38N6O. The van der Waals surface area contributed by atoms with E-state index >= 15 is 0 Å². The van der Waals surface area contributed by atoms with Crippen LogP contribution in [0.4, 0.5) is 0 Å². The third kappa shape index (κ3) is 6.80. The molecule has 1 saturated heterocycles. The fraction of sp³-hybridized carbons (Fsp3) is 0.583. The first kappa shape index (κ1) is 23.3. The summed E-state index contributed by atoms with van der Waals surface area (Å²) < 4.78 is 7.53. The predicted octanol–water partition coefficient (Wildman–Crippen LogP) is 2.73. The van der Waals surface area contributed by atoms with Gasteiger partial charge >= 0.3 is 0 Å². The minimum atomic E-state index is 0.490. The lowest BCUT2D eigenvalue weighted by Crippen LogP contribution is -2.53. The van der Waals surface area contributed by atoms with E-state index in [1.165, 1.54) is 24.0 Å². The summed E-state index contributed by atoms with van der Waals surface area (Å²) in [4.78, 5) is 7.05. The Hall–Kier alpha value is -2.38. The molecule has 31 heavy (non-hydrogen) atoms. The molecule has 0 saturated carbocycles. The van der Waals surface area contributed by atoms with E-state index < -0.39 is 0 Å². The zero-order valence-electron chi connectivity index (χ0n) is 19.3. The Morgan fingerprint density at radius 1 is 1.10 bits per heavy atom. The van der Waals surface area contributed by atoms with E-state index in [2.05, 4.69) is 63.7 Å². The molecule has 2 heterocycles. The standard InChI is InChI=1S/C24H38N6O/c1-4-20(5-2)23(29-13-15-31-16-14-29)18-27-24(25-3)26-17-21-9-6-7-10-22(21)19-30-12-8-11-28-30/h6-12,20,23H,4-5,13-19H2,1-3H3,(H2,25,26,27). The molecular weight excluding hydrogens is 388 g/mol. The number of guanidine groups is 1. The number of morpholine rings is 1. The van der Waals surface area contributed by atoms with Crippen LogP contribution in [0.1, 0.15) is 37.8 Å². The van der Waals surface area contributed by atoms with Gasteiger partial charge in [-0.2, -0.15) is 5.10 Å². The summed E-state index contributed by atoms with van der Waals surface area (Å²) in [5, 5.41) is 11.4. The van der Waals surface area contributed by atoms with E-state index in [1.54, 1.807) is 0 Å². The Labute approximate surface area is 186 Å². The fourth-order valence-corrected chi connectivity index (χ4v) is 4.39. The van der Waals surface area contributed by atoms with Crippen molar-refractivity contribution in [2.24, 2.45) is 10.9 Å². The van der Waals surface area contributed by atoms with Gasteiger partial charge in [0.15, 0.2) is 5.96 Å². The van der Waals surface area contributed by atoms with Crippen molar-refractivity contribution in [1.29, 1.82) is 0 Å². The van der Waals surface area contributed by atoms with E-state index in [-0.39, 0.29) is 0 Å². The molecule has 2 N–H and O–H groups in total. The van der Waals surface area contributed by atoms with E-state index in [0.717, 1.165) is 51.9 Å². The van der Waals surface area contributed by atoms with Gasteiger partial charge < -0.3 is 15.4 Å².